The number of hydrogen-bond acceptors (Lipinski definition) is 6. The van der Waals surface area contributed by atoms with Crippen molar-refractivity contribution < 1.29 is 19.1 Å². The van der Waals surface area contributed by atoms with Gasteiger partial charge < -0.3 is 4.74 Å². The predicted molar refractivity (Wildman–Crippen MR) is 127 cm³/mol. The van der Waals surface area contributed by atoms with Crippen molar-refractivity contribution in [1.82, 2.24) is 19.7 Å². The average Bonchev–Trinajstić information content (AvgIpc) is 3.42. The van der Waals surface area contributed by atoms with Gasteiger partial charge in [0, 0.05) is 0 Å². The molecule has 174 valence electrons. The Bertz CT molecular complexity index is 1400. The highest BCUT2D eigenvalue weighted by Gasteiger charge is 2.35. The predicted octanol–water partition coefficient (Wildman–Crippen LogP) is 3.38. The van der Waals surface area contributed by atoms with Crippen LogP contribution in [-0.2, 0) is 13.1 Å². The number of carbonyl (C=O) groups is 3. The third-order valence-electron chi connectivity index (χ3n) is 5.68. The number of ether oxygens (including phenoxy) is 1. The zero-order chi connectivity index (χ0) is 24.4. The summed E-state index contributed by atoms with van der Waals surface area (Å²) in [6, 6.07) is 21.4. The number of hydrogen-bond donors (Lipinski definition) is 1. The molecule has 0 atom stereocenters. The molecule has 9 nitrogen and oxygen atoms in total. The maximum absolute atomic E-state index is 13.0. The molecule has 3 amide bonds. The molecule has 1 N–H and O–H groups in total. The second kappa shape index (κ2) is 9.22. The second-order valence-electron chi connectivity index (χ2n) is 7.98. The highest BCUT2D eigenvalue weighted by molar-refractivity contribution is 6.21. The van der Waals surface area contributed by atoms with Gasteiger partial charge in [0.2, 0.25) is 5.95 Å². The van der Waals surface area contributed by atoms with Crippen molar-refractivity contribution in [3.63, 3.8) is 0 Å². The third kappa shape index (κ3) is 4.39. The van der Waals surface area contributed by atoms with E-state index in [2.05, 4.69) is 15.4 Å². The lowest BCUT2D eigenvalue weighted by Crippen LogP contribution is -2.29. The zero-order valence-corrected chi connectivity index (χ0v) is 18.8. The maximum atomic E-state index is 13.0. The highest BCUT2D eigenvalue weighted by atomic mass is 16.5. The molecular formula is C26H21N5O4. The van der Waals surface area contributed by atoms with Gasteiger partial charge in [0.25, 0.3) is 17.7 Å². The molecule has 0 fully saturated rings. The van der Waals surface area contributed by atoms with E-state index in [1.165, 1.54) is 12.0 Å². The number of rotatable bonds is 7. The van der Waals surface area contributed by atoms with E-state index < -0.39 is 5.91 Å². The quantitative estimate of drug-likeness (QED) is 0.418. The molecule has 0 saturated heterocycles. The number of benzene rings is 3. The molecule has 2 heterocycles. The Labute approximate surface area is 201 Å². The van der Waals surface area contributed by atoms with Crippen LogP contribution in [0.4, 0.5) is 5.95 Å². The summed E-state index contributed by atoms with van der Waals surface area (Å²) in [5, 5.41) is 6.99. The van der Waals surface area contributed by atoms with Crippen molar-refractivity contribution in [2.24, 2.45) is 0 Å². The number of amides is 3. The molecule has 1 aliphatic heterocycles. The van der Waals surface area contributed by atoms with E-state index in [1.54, 1.807) is 53.5 Å². The Morgan fingerprint density at radius 1 is 0.886 bits per heavy atom. The van der Waals surface area contributed by atoms with Gasteiger partial charge in [-0.15, -0.1) is 5.10 Å². The highest BCUT2D eigenvalue weighted by Crippen LogP contribution is 2.26. The largest absolute Gasteiger partial charge is 0.496 e. The third-order valence-corrected chi connectivity index (χ3v) is 5.68. The lowest BCUT2D eigenvalue weighted by atomic mass is 10.1. The first-order valence-electron chi connectivity index (χ1n) is 10.9. The molecule has 0 aliphatic carbocycles. The summed E-state index contributed by atoms with van der Waals surface area (Å²) in [6.07, 6.45) is 1.54. The van der Waals surface area contributed by atoms with Crippen LogP contribution in [0.25, 0.3) is 0 Å². The molecule has 0 bridgehead atoms. The van der Waals surface area contributed by atoms with E-state index in [0.29, 0.717) is 29.0 Å². The zero-order valence-electron chi connectivity index (χ0n) is 18.8. The topological polar surface area (TPSA) is 106 Å². The molecule has 1 aliphatic rings. The van der Waals surface area contributed by atoms with Gasteiger partial charge in [-0.1, -0.05) is 48.5 Å². The smallest absolute Gasteiger partial charge is 0.261 e. The lowest BCUT2D eigenvalue weighted by molar-refractivity contribution is 0.0642. The van der Waals surface area contributed by atoms with Gasteiger partial charge in [-0.25, -0.2) is 9.67 Å². The van der Waals surface area contributed by atoms with Crippen molar-refractivity contribution in [2.75, 3.05) is 12.4 Å². The molecule has 5 rings (SSSR count). The van der Waals surface area contributed by atoms with E-state index in [-0.39, 0.29) is 29.9 Å². The lowest BCUT2D eigenvalue weighted by Gasteiger charge is -2.15. The van der Waals surface area contributed by atoms with E-state index in [0.717, 1.165) is 5.56 Å². The fourth-order valence-corrected chi connectivity index (χ4v) is 3.96. The van der Waals surface area contributed by atoms with Crippen molar-refractivity contribution >= 4 is 23.7 Å². The fraction of sp³-hybridized carbons (Fsp3) is 0.115. The number of anilines is 1. The van der Waals surface area contributed by atoms with Crippen LogP contribution in [0, 0.1) is 0 Å². The summed E-state index contributed by atoms with van der Waals surface area (Å²) in [6.45, 7) is 0.545. The number of methoxy groups -OCH3 is 1. The van der Waals surface area contributed by atoms with Crippen LogP contribution in [0.2, 0.25) is 0 Å². The van der Waals surface area contributed by atoms with Crippen LogP contribution >= 0.6 is 0 Å². The van der Waals surface area contributed by atoms with Gasteiger partial charge in [0.15, 0.2) is 0 Å². The molecule has 9 heteroatoms. The minimum atomic E-state index is -0.469. The monoisotopic (exact) mass is 467 g/mol. The summed E-state index contributed by atoms with van der Waals surface area (Å²) >= 11 is 0. The summed E-state index contributed by atoms with van der Waals surface area (Å²) in [4.78, 5) is 43.8. The van der Waals surface area contributed by atoms with Crippen LogP contribution < -0.4 is 10.1 Å². The first-order chi connectivity index (χ1) is 17.0. The Hall–Kier alpha value is -4.79. The first kappa shape index (κ1) is 22.0. The molecule has 1 aromatic heterocycles. The van der Waals surface area contributed by atoms with E-state index in [9.17, 15) is 14.4 Å². The maximum Gasteiger partial charge on any atom is 0.261 e. The number of nitrogens with one attached hydrogen (secondary N) is 1. The van der Waals surface area contributed by atoms with Crippen molar-refractivity contribution in [3.05, 3.63) is 107 Å². The minimum Gasteiger partial charge on any atom is -0.496 e. The van der Waals surface area contributed by atoms with Gasteiger partial charge in [0.1, 0.15) is 12.1 Å². The summed E-state index contributed by atoms with van der Waals surface area (Å²) in [5.74, 6) is -0.694. The normalized spacial score (nSPS) is 12.5. The van der Waals surface area contributed by atoms with E-state index in [4.69, 9.17) is 4.74 Å². The number of carbonyl (C=O) groups excluding carboxylic acids is 3. The summed E-state index contributed by atoms with van der Waals surface area (Å²) in [5.41, 5.74) is 2.65. The average molecular weight is 467 g/mol. The molecule has 4 aromatic rings. The van der Waals surface area contributed by atoms with Gasteiger partial charge >= 0.3 is 0 Å². The summed E-state index contributed by atoms with van der Waals surface area (Å²) < 4.78 is 6.98. The Kier molecular flexibility index (Phi) is 5.80. The fourth-order valence-electron chi connectivity index (χ4n) is 3.96. The van der Waals surface area contributed by atoms with Gasteiger partial charge in [-0.3, -0.25) is 24.6 Å². The van der Waals surface area contributed by atoms with E-state index >= 15 is 0 Å². The van der Waals surface area contributed by atoms with Gasteiger partial charge in [-0.05, 0) is 35.4 Å². The van der Waals surface area contributed by atoms with E-state index in [1.807, 2.05) is 30.3 Å². The number of aromatic nitrogens is 3. The molecule has 35 heavy (non-hydrogen) atoms. The van der Waals surface area contributed by atoms with Crippen molar-refractivity contribution in [1.29, 1.82) is 0 Å². The van der Waals surface area contributed by atoms with Crippen molar-refractivity contribution in [3.8, 4) is 5.75 Å². The molecule has 0 saturated carbocycles. The van der Waals surface area contributed by atoms with Crippen molar-refractivity contribution in [2.45, 2.75) is 13.1 Å². The van der Waals surface area contributed by atoms with Gasteiger partial charge in [-0.2, -0.15) is 0 Å². The van der Waals surface area contributed by atoms with Crippen LogP contribution in [0.5, 0.6) is 5.75 Å². The SMILES string of the molecule is COc1ccc(CN2C(=O)c3ccccc3C2=O)cc1C(=O)Nc1ncn(Cc2ccccc2)n1. The second-order valence-corrected chi connectivity index (χ2v) is 7.98. The Morgan fingerprint density at radius 3 is 2.26 bits per heavy atom. The molecule has 0 radical (unpaired) electrons. The summed E-state index contributed by atoms with van der Waals surface area (Å²) in [7, 11) is 1.46. The molecule has 0 unspecified atom stereocenters. The molecular weight excluding hydrogens is 446 g/mol. The Morgan fingerprint density at radius 2 is 1.57 bits per heavy atom. The Balaban J connectivity index is 1.33. The van der Waals surface area contributed by atoms with Crippen LogP contribution in [0.1, 0.15) is 42.2 Å². The van der Waals surface area contributed by atoms with Crippen LogP contribution in [0.15, 0.2) is 79.1 Å². The van der Waals surface area contributed by atoms with Gasteiger partial charge in [0.05, 0.1) is 36.9 Å². The first-order valence-corrected chi connectivity index (χ1v) is 10.9. The standard InChI is InChI=1S/C26H21N5O4/c1-35-22-12-11-18(15-31-24(33)19-9-5-6-10-20(19)25(31)34)13-21(22)23(32)28-26-27-16-30(29-26)14-17-7-3-2-4-8-17/h2-13,16H,14-15H2,1H3,(H,28,29,32). The van der Waals surface area contributed by atoms with Crippen LogP contribution in [0.3, 0.4) is 0 Å². The molecule has 0 spiro atoms. The number of nitrogens with zero attached hydrogens (tertiary/aromatic N) is 4. The van der Waals surface area contributed by atoms with Crippen LogP contribution in [-0.4, -0.2) is 44.5 Å². The minimum absolute atomic E-state index is 0.0283. The number of imide groups is 1. The molecule has 3 aromatic carbocycles. The number of fused-ring (bicyclic) bond motifs is 1.